The molecule has 0 saturated carbocycles. The van der Waals surface area contributed by atoms with Crippen LogP contribution in [0.25, 0.3) is 88.6 Å². The van der Waals surface area contributed by atoms with Crippen molar-refractivity contribution in [2.45, 2.75) is 80.6 Å². The third-order valence-corrected chi connectivity index (χ3v) is 16.2. The van der Waals surface area contributed by atoms with E-state index in [4.69, 9.17) is 0 Å². The normalized spacial score (nSPS) is 10.7. The summed E-state index contributed by atoms with van der Waals surface area (Å²) < 4.78 is 0. The first-order chi connectivity index (χ1) is 51.5. The van der Waals surface area contributed by atoms with E-state index in [1.165, 1.54) is 6.92 Å². The first kappa shape index (κ1) is 75.0. The molecule has 0 fully saturated rings. The maximum Gasteiger partial charge on any atom is 0.321 e. The molecule has 0 aliphatic heterocycles. The summed E-state index contributed by atoms with van der Waals surface area (Å²) in [5, 5.41) is 21.2. The number of carbonyl (C=O) groups excluding carboxylic acids is 8. The predicted molar refractivity (Wildman–Crippen MR) is 411 cm³/mol. The Kier molecular flexibility index (Phi) is 25.7. The van der Waals surface area contributed by atoms with Crippen LogP contribution in [0.3, 0.4) is 0 Å². The summed E-state index contributed by atoms with van der Waals surface area (Å²) in [6, 6.07) is 38.5. The van der Waals surface area contributed by atoms with Gasteiger partial charge < -0.3 is 41.2 Å². The quantitative estimate of drug-likeness (QED) is 0.0280. The summed E-state index contributed by atoms with van der Waals surface area (Å²) >= 11 is 0. The Morgan fingerprint density at radius 2 is 0.642 bits per heavy atom. The molecule has 0 radical (unpaired) electrons. The van der Waals surface area contributed by atoms with Gasteiger partial charge in [-0.3, -0.25) is 60.4 Å². The number of Topliss-reactive ketones (excluding diaryl/α,β-unsaturated/α-hetero) is 4. The van der Waals surface area contributed by atoms with Gasteiger partial charge in [-0.05, 0) is 148 Å². The number of hydrogen-bond acceptors (Lipinski definition) is 16. The topological polar surface area (TPSA) is 399 Å². The molecule has 106 heavy (non-hydrogen) atoms. The van der Waals surface area contributed by atoms with Gasteiger partial charge in [0.25, 0.3) is 0 Å². The van der Waals surface area contributed by atoms with E-state index in [9.17, 15) is 38.4 Å². The molecule has 0 unspecified atom stereocenters. The number of urea groups is 4. The van der Waals surface area contributed by atoms with Gasteiger partial charge in [-0.25, -0.2) is 39.1 Å². The van der Waals surface area contributed by atoms with Crippen molar-refractivity contribution in [2.24, 2.45) is 0 Å². The fourth-order valence-corrected chi connectivity index (χ4v) is 11.3. The van der Waals surface area contributed by atoms with Crippen molar-refractivity contribution in [3.63, 3.8) is 0 Å². The third-order valence-electron chi connectivity index (χ3n) is 16.2. The molecular formula is C78H80N20O8. The molecule has 28 heteroatoms. The smallest absolute Gasteiger partial charge is 0.321 e. The molecule has 0 aliphatic carbocycles. The van der Waals surface area contributed by atoms with Gasteiger partial charge in [0, 0.05) is 140 Å². The standard InChI is InChI=1S/C24H23N5O2.C19H21N5O2.C18H19N5O2.C17H17N5O2/c1-2-26-24(31)29-23-27-20-14-18(17-9-6-12-25-15-17)13-19(22(20)28-23)21(30)11-10-16-7-4-3-5-8-16;1-3-6-16(25)14-9-13(12-7-5-8-20-11-12)10-15-17(14)23-18(22-15)24-19(26)21-4-2;1-3-15(24)13-8-12(11-6-5-7-19-10-11)9-14-16(13)22-17(21-14)23-18(25)20-4-2;1-3-19-17(24)22-16-20-14-8-12(11-5-4-6-18-9-11)7-13(10(2)23)15(14)21-16/h3-9,12-15H,2,10-11H2,1H3,(H3,26,27,28,29,31);5,7-11H,3-4,6H2,1-2H3,(H3,21,22,23,24,26);5-10H,3-4H2,1-2H3,(H3,20,21,22,23,25);4-9H,3H2,1-2H3,(H3,19,20,21,22,24). The molecule has 8 aromatic heterocycles. The van der Waals surface area contributed by atoms with E-state index in [2.05, 4.69) is 102 Å². The number of aromatic nitrogens is 12. The maximum absolute atomic E-state index is 13.2. The van der Waals surface area contributed by atoms with Crippen molar-refractivity contribution in [3.8, 4) is 44.5 Å². The minimum Gasteiger partial charge on any atom is -0.338 e. The maximum atomic E-state index is 13.2. The fraction of sp³-hybridized carbons (Fsp3) is 0.205. The molecular weight excluding hydrogens is 1340 g/mol. The highest BCUT2D eigenvalue weighted by Gasteiger charge is 2.22. The number of aromatic amines is 4. The molecule has 0 saturated heterocycles. The number of H-pyrrole nitrogens is 4. The van der Waals surface area contributed by atoms with Crippen molar-refractivity contribution in [2.75, 3.05) is 47.4 Å². The van der Waals surface area contributed by atoms with Crippen LogP contribution in [-0.4, -0.2) is 133 Å². The molecule has 13 rings (SSSR count). The summed E-state index contributed by atoms with van der Waals surface area (Å²) in [6.07, 6.45) is 16.4. The number of carbonyl (C=O) groups is 8. The van der Waals surface area contributed by atoms with E-state index in [0.29, 0.717) is 142 Å². The van der Waals surface area contributed by atoms with E-state index in [1.807, 2.05) is 163 Å². The number of nitrogens with zero attached hydrogens (tertiary/aromatic N) is 8. The second-order valence-electron chi connectivity index (χ2n) is 23.8. The van der Waals surface area contributed by atoms with Crippen LogP contribution >= 0.6 is 0 Å². The van der Waals surface area contributed by atoms with Crippen LogP contribution < -0.4 is 42.5 Å². The number of benzene rings is 5. The lowest BCUT2D eigenvalue weighted by atomic mass is 9.97. The van der Waals surface area contributed by atoms with Crippen molar-refractivity contribution in [3.05, 3.63) is 205 Å². The zero-order valence-corrected chi connectivity index (χ0v) is 59.5. The summed E-state index contributed by atoms with van der Waals surface area (Å²) in [4.78, 5) is 144. The van der Waals surface area contributed by atoms with Crippen LogP contribution in [0.2, 0.25) is 0 Å². The van der Waals surface area contributed by atoms with Crippen LogP contribution in [0.4, 0.5) is 43.0 Å². The fourth-order valence-electron chi connectivity index (χ4n) is 11.3. The van der Waals surface area contributed by atoms with Crippen LogP contribution in [0.1, 0.15) is 121 Å². The number of nitrogens with one attached hydrogen (secondary N) is 12. The van der Waals surface area contributed by atoms with E-state index < -0.39 is 0 Å². The number of fused-ring (bicyclic) bond motifs is 4. The molecule has 0 atom stereocenters. The highest BCUT2D eigenvalue weighted by atomic mass is 16.2. The van der Waals surface area contributed by atoms with Crippen molar-refractivity contribution >= 4 is 115 Å². The largest absolute Gasteiger partial charge is 0.338 e. The molecule has 8 amide bonds. The average Bonchev–Trinajstić information content (AvgIpc) is 1.63. The predicted octanol–water partition coefficient (Wildman–Crippen LogP) is 14.7. The molecule has 540 valence electrons. The second-order valence-corrected chi connectivity index (χ2v) is 23.8. The summed E-state index contributed by atoms with van der Waals surface area (Å²) in [5.41, 5.74) is 15.2. The number of ketones is 4. The van der Waals surface area contributed by atoms with E-state index in [0.717, 1.165) is 56.5 Å². The molecule has 13 aromatic rings. The molecule has 5 aromatic carbocycles. The van der Waals surface area contributed by atoms with Crippen LogP contribution in [-0.2, 0) is 6.42 Å². The van der Waals surface area contributed by atoms with E-state index >= 15 is 0 Å². The summed E-state index contributed by atoms with van der Waals surface area (Å²) in [7, 11) is 0. The first-order valence-electron chi connectivity index (χ1n) is 34.6. The minimum atomic E-state index is -0.356. The first-order valence-corrected chi connectivity index (χ1v) is 34.6. The van der Waals surface area contributed by atoms with Gasteiger partial charge in [0.05, 0.1) is 22.1 Å². The van der Waals surface area contributed by atoms with Gasteiger partial charge in [-0.2, -0.15) is 0 Å². The number of rotatable bonds is 22. The lowest BCUT2D eigenvalue weighted by Gasteiger charge is -2.07. The zero-order valence-electron chi connectivity index (χ0n) is 59.5. The summed E-state index contributed by atoms with van der Waals surface area (Å²) in [6.45, 7) is 14.6. The highest BCUT2D eigenvalue weighted by Crippen LogP contribution is 2.33. The number of hydrogen-bond donors (Lipinski definition) is 12. The Hall–Kier alpha value is -13.7. The second kappa shape index (κ2) is 36.3. The van der Waals surface area contributed by atoms with Gasteiger partial charge in [-0.15, -0.1) is 0 Å². The van der Waals surface area contributed by atoms with Gasteiger partial charge in [-0.1, -0.05) is 68.4 Å². The highest BCUT2D eigenvalue weighted by molar-refractivity contribution is 6.11. The van der Waals surface area contributed by atoms with Gasteiger partial charge in [0.2, 0.25) is 23.8 Å². The average molecular weight is 1430 g/mol. The van der Waals surface area contributed by atoms with Crippen LogP contribution in [0, 0.1) is 0 Å². The molecule has 0 spiro atoms. The lowest BCUT2D eigenvalue weighted by molar-refractivity contribution is 0.0975. The molecule has 28 nitrogen and oxygen atoms in total. The third kappa shape index (κ3) is 19.5. The molecule has 12 N–H and O–H groups in total. The van der Waals surface area contributed by atoms with Gasteiger partial charge in [0.15, 0.2) is 23.1 Å². The van der Waals surface area contributed by atoms with Crippen LogP contribution in [0.5, 0.6) is 0 Å². The van der Waals surface area contributed by atoms with E-state index in [1.54, 1.807) is 55.6 Å². The Morgan fingerprint density at radius 3 is 0.925 bits per heavy atom. The van der Waals surface area contributed by atoms with Gasteiger partial charge in [0.1, 0.15) is 22.1 Å². The molecule has 0 aliphatic rings. The number of aryl methyl sites for hydroxylation is 1. The Morgan fingerprint density at radius 1 is 0.340 bits per heavy atom. The number of imidazole rings is 4. The Labute approximate surface area is 609 Å². The SMILES string of the molecule is CCCC(=O)c1cc(-c2cccnc2)cc2[nH]c(NC(=O)NCC)nc12.CCNC(=O)Nc1nc2c(C(=O)CC)cc(-c3cccnc3)cc2[nH]1.CCNC(=O)Nc1nc2c(C(=O)CCc3ccccc3)cc(-c3cccnc3)cc2[nH]1.CCNC(=O)Nc1nc2c(C(C)=O)cc(-c3cccnc3)cc2[nH]1. The molecule has 8 heterocycles. The lowest BCUT2D eigenvalue weighted by Crippen LogP contribution is -2.28. The van der Waals surface area contributed by atoms with Gasteiger partial charge >= 0.3 is 24.1 Å². The van der Waals surface area contributed by atoms with Crippen molar-refractivity contribution in [1.29, 1.82) is 0 Å². The number of amides is 8. The summed E-state index contributed by atoms with van der Waals surface area (Å²) in [5.74, 6) is 1.11. The Bertz CT molecular complexity index is 5260. The number of pyridine rings is 4. The zero-order chi connectivity index (χ0) is 75.1. The molecule has 0 bridgehead atoms. The minimum absolute atomic E-state index is 0.00402. The van der Waals surface area contributed by atoms with Crippen molar-refractivity contribution < 1.29 is 38.4 Å². The number of anilines is 4. The van der Waals surface area contributed by atoms with Crippen LogP contribution in [0.15, 0.2) is 177 Å². The monoisotopic (exact) mass is 1420 g/mol. The van der Waals surface area contributed by atoms with E-state index in [-0.39, 0.29) is 47.3 Å². The van der Waals surface area contributed by atoms with Crippen molar-refractivity contribution in [1.82, 2.24) is 81.1 Å². The Balaban J connectivity index is 0.000000152.